The Bertz CT molecular complexity index is 712. The predicted octanol–water partition coefficient (Wildman–Crippen LogP) is 1.13. The van der Waals surface area contributed by atoms with Crippen molar-refractivity contribution in [1.29, 1.82) is 0 Å². The zero-order chi connectivity index (χ0) is 15.8. The van der Waals surface area contributed by atoms with Gasteiger partial charge in [-0.2, -0.15) is 0 Å². The minimum Gasteiger partial charge on any atom is -0.398 e. The van der Waals surface area contributed by atoms with Crippen LogP contribution in [0.15, 0.2) is 27.6 Å². The van der Waals surface area contributed by atoms with E-state index in [4.69, 9.17) is 5.73 Å². The third-order valence-corrected chi connectivity index (χ3v) is 7.07. The highest BCUT2D eigenvalue weighted by molar-refractivity contribution is 9.10. The van der Waals surface area contributed by atoms with Gasteiger partial charge in [0.05, 0.1) is 10.4 Å². The molecule has 1 aromatic carbocycles. The lowest BCUT2D eigenvalue weighted by Crippen LogP contribution is -2.43. The Morgan fingerprint density at radius 1 is 1.25 bits per heavy atom. The quantitative estimate of drug-likeness (QED) is 0.740. The van der Waals surface area contributed by atoms with Crippen molar-refractivity contribution in [3.8, 4) is 0 Å². The summed E-state index contributed by atoms with van der Waals surface area (Å²) in [5.74, 6) is 0. The maximum atomic E-state index is 12.1. The van der Waals surface area contributed by atoms with Crippen LogP contribution in [0.2, 0.25) is 0 Å². The Balaban J connectivity index is 3.03. The van der Waals surface area contributed by atoms with Gasteiger partial charge >= 0.3 is 0 Å². The number of anilines is 1. The SMILES string of the molecule is CC(C)(CNS(=O)(=O)c1ccc(Br)cc1N)S(C)(=O)=O. The first kappa shape index (κ1) is 17.4. The van der Waals surface area contributed by atoms with Crippen molar-refractivity contribution in [3.63, 3.8) is 0 Å². The number of nitrogen functional groups attached to an aromatic ring is 1. The van der Waals surface area contributed by atoms with Crippen LogP contribution >= 0.6 is 15.9 Å². The van der Waals surface area contributed by atoms with Crippen molar-refractivity contribution in [3.05, 3.63) is 22.7 Å². The molecule has 114 valence electrons. The first-order chi connectivity index (χ1) is 8.87. The summed E-state index contributed by atoms with van der Waals surface area (Å²) in [6, 6.07) is 4.37. The van der Waals surface area contributed by atoms with E-state index in [1.807, 2.05) is 0 Å². The van der Waals surface area contributed by atoms with Crippen LogP contribution < -0.4 is 10.5 Å². The molecule has 1 rings (SSSR count). The number of sulfonamides is 1. The molecular weight excluding hydrogens is 368 g/mol. The van der Waals surface area contributed by atoms with Gasteiger partial charge in [-0.05, 0) is 32.0 Å². The first-order valence-corrected chi connectivity index (χ1v) is 9.78. The van der Waals surface area contributed by atoms with Crippen molar-refractivity contribution >= 4 is 41.5 Å². The minimum absolute atomic E-state index is 0.0787. The normalized spacial score (nSPS) is 13.4. The number of halogens is 1. The fourth-order valence-corrected chi connectivity index (χ4v) is 3.37. The fourth-order valence-electron chi connectivity index (χ4n) is 1.24. The minimum atomic E-state index is -3.86. The highest BCUT2D eigenvalue weighted by Gasteiger charge is 2.32. The Morgan fingerprint density at radius 2 is 1.80 bits per heavy atom. The molecule has 9 heteroatoms. The molecule has 0 fully saturated rings. The van der Waals surface area contributed by atoms with E-state index in [9.17, 15) is 16.8 Å². The molecule has 0 spiro atoms. The van der Waals surface area contributed by atoms with Crippen LogP contribution in [-0.2, 0) is 19.9 Å². The first-order valence-electron chi connectivity index (χ1n) is 5.61. The summed E-state index contributed by atoms with van der Waals surface area (Å²) in [6.45, 7) is 2.68. The third-order valence-electron chi connectivity index (χ3n) is 2.95. The molecule has 1 aromatic rings. The monoisotopic (exact) mass is 384 g/mol. The molecule has 0 unspecified atom stereocenters. The van der Waals surface area contributed by atoms with Gasteiger partial charge in [-0.3, -0.25) is 0 Å². The highest BCUT2D eigenvalue weighted by atomic mass is 79.9. The smallest absolute Gasteiger partial charge is 0.242 e. The topological polar surface area (TPSA) is 106 Å². The molecule has 0 atom stereocenters. The molecule has 0 amide bonds. The predicted molar refractivity (Wildman–Crippen MR) is 82.7 cm³/mol. The average molecular weight is 385 g/mol. The van der Waals surface area contributed by atoms with Crippen LogP contribution in [0.1, 0.15) is 13.8 Å². The molecule has 0 bridgehead atoms. The Hall–Kier alpha value is -0.640. The Labute approximate surface area is 127 Å². The van der Waals surface area contributed by atoms with Crippen molar-refractivity contribution in [2.45, 2.75) is 23.5 Å². The standard InChI is InChI=1S/C11H17BrN2O4S2/c1-11(2,19(3,15)16)7-14-20(17,18)10-5-4-8(12)6-9(10)13/h4-6,14H,7,13H2,1-3H3. The van der Waals surface area contributed by atoms with Gasteiger partial charge < -0.3 is 5.73 Å². The molecule has 3 N–H and O–H groups in total. The van der Waals surface area contributed by atoms with Gasteiger partial charge in [0.25, 0.3) is 0 Å². The van der Waals surface area contributed by atoms with E-state index in [0.29, 0.717) is 4.47 Å². The molecule has 0 heterocycles. The van der Waals surface area contributed by atoms with Gasteiger partial charge in [0.2, 0.25) is 10.0 Å². The van der Waals surface area contributed by atoms with Crippen LogP contribution in [0.25, 0.3) is 0 Å². The lowest BCUT2D eigenvalue weighted by molar-refractivity contribution is 0.537. The molecule has 6 nitrogen and oxygen atoms in total. The van der Waals surface area contributed by atoms with E-state index >= 15 is 0 Å². The average Bonchev–Trinajstić information content (AvgIpc) is 2.24. The fraction of sp³-hybridized carbons (Fsp3) is 0.455. The summed E-state index contributed by atoms with van der Waals surface area (Å²) >= 11 is 3.19. The van der Waals surface area contributed by atoms with Gasteiger partial charge in [-0.25, -0.2) is 21.6 Å². The Kier molecular flexibility index (Phi) is 4.90. The van der Waals surface area contributed by atoms with Crippen LogP contribution in [0.4, 0.5) is 5.69 Å². The van der Waals surface area contributed by atoms with Gasteiger partial charge in [0, 0.05) is 17.3 Å². The zero-order valence-corrected chi connectivity index (χ0v) is 14.6. The van der Waals surface area contributed by atoms with E-state index in [1.54, 1.807) is 6.07 Å². The molecule has 0 aliphatic carbocycles. The summed E-state index contributed by atoms with van der Waals surface area (Å²) < 4.78 is 49.1. The van der Waals surface area contributed by atoms with Gasteiger partial charge in [0.15, 0.2) is 9.84 Å². The lowest BCUT2D eigenvalue weighted by atomic mass is 10.2. The molecule has 0 saturated heterocycles. The van der Waals surface area contributed by atoms with Gasteiger partial charge in [-0.1, -0.05) is 15.9 Å². The summed E-state index contributed by atoms with van der Waals surface area (Å²) in [5.41, 5.74) is 5.75. The summed E-state index contributed by atoms with van der Waals surface area (Å²) in [4.78, 5) is -0.0787. The number of sulfone groups is 1. The maximum absolute atomic E-state index is 12.1. The number of hydrogen-bond donors (Lipinski definition) is 2. The lowest BCUT2D eigenvalue weighted by Gasteiger charge is -2.22. The van der Waals surface area contributed by atoms with E-state index in [1.165, 1.54) is 26.0 Å². The molecule has 0 radical (unpaired) electrons. The zero-order valence-electron chi connectivity index (χ0n) is 11.3. The van der Waals surface area contributed by atoms with Crippen LogP contribution in [0, 0.1) is 0 Å². The van der Waals surface area contributed by atoms with Crippen molar-refractivity contribution < 1.29 is 16.8 Å². The number of nitrogens with one attached hydrogen (secondary N) is 1. The van der Waals surface area contributed by atoms with Crippen molar-refractivity contribution in [2.24, 2.45) is 0 Å². The molecule has 0 aliphatic heterocycles. The van der Waals surface area contributed by atoms with Crippen LogP contribution in [0.3, 0.4) is 0 Å². The Morgan fingerprint density at radius 3 is 2.25 bits per heavy atom. The molecule has 0 aliphatic rings. The van der Waals surface area contributed by atoms with Gasteiger partial charge in [-0.15, -0.1) is 0 Å². The van der Waals surface area contributed by atoms with Crippen molar-refractivity contribution in [2.75, 3.05) is 18.5 Å². The van der Waals surface area contributed by atoms with Crippen LogP contribution in [0.5, 0.6) is 0 Å². The third kappa shape index (κ3) is 3.94. The van der Waals surface area contributed by atoms with E-state index in [-0.39, 0.29) is 17.1 Å². The van der Waals surface area contributed by atoms with E-state index < -0.39 is 24.6 Å². The number of nitrogens with two attached hydrogens (primary N) is 1. The molecule has 0 saturated carbocycles. The molecular formula is C11H17BrN2O4S2. The number of benzene rings is 1. The molecule has 0 aromatic heterocycles. The number of hydrogen-bond acceptors (Lipinski definition) is 5. The van der Waals surface area contributed by atoms with E-state index in [2.05, 4.69) is 20.7 Å². The second kappa shape index (κ2) is 5.63. The summed E-state index contributed by atoms with van der Waals surface area (Å²) in [5, 5.41) is 0. The van der Waals surface area contributed by atoms with Crippen LogP contribution in [-0.4, -0.2) is 34.4 Å². The number of rotatable bonds is 5. The van der Waals surface area contributed by atoms with Crippen molar-refractivity contribution in [1.82, 2.24) is 4.72 Å². The second-order valence-electron chi connectivity index (χ2n) is 5.04. The highest BCUT2D eigenvalue weighted by Crippen LogP contribution is 2.23. The maximum Gasteiger partial charge on any atom is 0.242 e. The largest absolute Gasteiger partial charge is 0.398 e. The van der Waals surface area contributed by atoms with E-state index in [0.717, 1.165) is 6.26 Å². The molecule has 20 heavy (non-hydrogen) atoms. The summed E-state index contributed by atoms with van der Waals surface area (Å²) in [7, 11) is -7.25. The second-order valence-corrected chi connectivity index (χ2v) is 10.3. The van der Waals surface area contributed by atoms with Gasteiger partial charge in [0.1, 0.15) is 4.90 Å². The summed E-state index contributed by atoms with van der Waals surface area (Å²) in [6.07, 6.45) is 1.06.